The second-order valence-electron chi connectivity index (χ2n) is 4.56. The molecule has 4 N–H and O–H groups in total. The van der Waals surface area contributed by atoms with E-state index in [9.17, 15) is 4.79 Å². The predicted molar refractivity (Wildman–Crippen MR) is 76.6 cm³/mol. The summed E-state index contributed by atoms with van der Waals surface area (Å²) in [5.41, 5.74) is 6.11. The average molecular weight is 284 g/mol. The summed E-state index contributed by atoms with van der Waals surface area (Å²) in [5, 5.41) is 6.42. The molecule has 106 valence electrons. The Labute approximate surface area is 116 Å². The van der Waals surface area contributed by atoms with E-state index in [-0.39, 0.29) is 11.7 Å². The fraction of sp³-hybridized carbons (Fsp3) is 0.667. The SMILES string of the molecule is CNC(=O)c1c(N)nsc1NCCOC1CCCC1. The molecule has 1 fully saturated rings. The fourth-order valence-corrected chi connectivity index (χ4v) is 2.95. The number of nitrogen functional groups attached to an aromatic ring is 1. The van der Waals surface area contributed by atoms with Gasteiger partial charge in [-0.25, -0.2) is 0 Å². The molecule has 1 saturated carbocycles. The molecule has 0 atom stereocenters. The van der Waals surface area contributed by atoms with Gasteiger partial charge in [0.15, 0.2) is 5.82 Å². The van der Waals surface area contributed by atoms with Gasteiger partial charge in [-0.05, 0) is 24.4 Å². The van der Waals surface area contributed by atoms with Crippen LogP contribution in [0, 0.1) is 0 Å². The Bertz CT molecular complexity index is 429. The number of nitrogens with one attached hydrogen (secondary N) is 2. The van der Waals surface area contributed by atoms with E-state index in [2.05, 4.69) is 15.0 Å². The van der Waals surface area contributed by atoms with E-state index >= 15 is 0 Å². The number of amides is 1. The van der Waals surface area contributed by atoms with Gasteiger partial charge in [0.25, 0.3) is 5.91 Å². The quantitative estimate of drug-likeness (QED) is 0.688. The number of aromatic nitrogens is 1. The predicted octanol–water partition coefficient (Wildman–Crippen LogP) is 1.46. The Morgan fingerprint density at radius 1 is 1.53 bits per heavy atom. The molecule has 0 aliphatic heterocycles. The number of carbonyl (C=O) groups is 1. The van der Waals surface area contributed by atoms with Gasteiger partial charge >= 0.3 is 0 Å². The zero-order valence-electron chi connectivity index (χ0n) is 11.1. The molecule has 6 nitrogen and oxygen atoms in total. The van der Waals surface area contributed by atoms with Gasteiger partial charge in [-0.15, -0.1) is 0 Å². The maximum atomic E-state index is 11.7. The topological polar surface area (TPSA) is 89.3 Å². The summed E-state index contributed by atoms with van der Waals surface area (Å²) in [4.78, 5) is 11.7. The monoisotopic (exact) mass is 284 g/mol. The van der Waals surface area contributed by atoms with E-state index in [4.69, 9.17) is 10.5 Å². The second-order valence-corrected chi connectivity index (χ2v) is 5.33. The highest BCUT2D eigenvalue weighted by molar-refractivity contribution is 7.11. The normalized spacial score (nSPS) is 15.6. The maximum Gasteiger partial charge on any atom is 0.257 e. The van der Waals surface area contributed by atoms with Gasteiger partial charge < -0.3 is 21.1 Å². The van der Waals surface area contributed by atoms with Crippen molar-refractivity contribution in [3.8, 4) is 0 Å². The Balaban J connectivity index is 1.80. The highest BCUT2D eigenvalue weighted by Crippen LogP contribution is 2.26. The van der Waals surface area contributed by atoms with Gasteiger partial charge in [-0.1, -0.05) is 12.8 Å². The first-order valence-electron chi connectivity index (χ1n) is 6.55. The first-order chi connectivity index (χ1) is 9.22. The van der Waals surface area contributed by atoms with Crippen molar-refractivity contribution in [1.82, 2.24) is 9.69 Å². The molecule has 0 spiro atoms. The van der Waals surface area contributed by atoms with E-state index in [1.807, 2.05) is 0 Å². The van der Waals surface area contributed by atoms with Gasteiger partial charge in [-0.3, -0.25) is 4.79 Å². The summed E-state index contributed by atoms with van der Waals surface area (Å²) in [6.07, 6.45) is 5.27. The van der Waals surface area contributed by atoms with Gasteiger partial charge in [-0.2, -0.15) is 4.37 Å². The molecule has 0 aromatic carbocycles. The van der Waals surface area contributed by atoms with Crippen LogP contribution in [0.5, 0.6) is 0 Å². The van der Waals surface area contributed by atoms with E-state index < -0.39 is 0 Å². The third-order valence-electron chi connectivity index (χ3n) is 3.22. The van der Waals surface area contributed by atoms with Crippen LogP contribution in [0.4, 0.5) is 10.8 Å². The third kappa shape index (κ3) is 3.57. The molecule has 1 amide bonds. The lowest BCUT2D eigenvalue weighted by atomic mass is 10.3. The van der Waals surface area contributed by atoms with E-state index in [0.717, 1.165) is 12.8 Å². The third-order valence-corrected chi connectivity index (χ3v) is 4.03. The Kier molecular flexibility index (Phi) is 4.98. The summed E-state index contributed by atoms with van der Waals surface area (Å²) >= 11 is 1.20. The molecule has 1 heterocycles. The first-order valence-corrected chi connectivity index (χ1v) is 7.32. The van der Waals surface area contributed by atoms with Crippen LogP contribution in [0.25, 0.3) is 0 Å². The van der Waals surface area contributed by atoms with Crippen molar-refractivity contribution in [2.75, 3.05) is 31.2 Å². The number of hydrogen-bond acceptors (Lipinski definition) is 6. The van der Waals surface area contributed by atoms with Crippen LogP contribution < -0.4 is 16.4 Å². The molecule has 0 saturated heterocycles. The molecular formula is C12H20N4O2S. The minimum Gasteiger partial charge on any atom is -0.382 e. The summed E-state index contributed by atoms with van der Waals surface area (Å²) in [7, 11) is 1.58. The van der Waals surface area contributed by atoms with Crippen molar-refractivity contribution in [1.29, 1.82) is 0 Å². The summed E-state index contributed by atoms with van der Waals surface area (Å²) < 4.78 is 9.75. The number of anilines is 2. The Morgan fingerprint density at radius 3 is 2.95 bits per heavy atom. The zero-order chi connectivity index (χ0) is 13.7. The van der Waals surface area contributed by atoms with Crippen molar-refractivity contribution in [2.45, 2.75) is 31.8 Å². The Morgan fingerprint density at radius 2 is 2.26 bits per heavy atom. The molecular weight excluding hydrogens is 264 g/mol. The zero-order valence-corrected chi connectivity index (χ0v) is 11.9. The van der Waals surface area contributed by atoms with Crippen molar-refractivity contribution in [3.63, 3.8) is 0 Å². The number of carbonyl (C=O) groups excluding carboxylic acids is 1. The number of rotatable bonds is 6. The molecule has 1 aromatic rings. The second kappa shape index (κ2) is 6.72. The first kappa shape index (κ1) is 14.1. The van der Waals surface area contributed by atoms with Crippen molar-refractivity contribution in [3.05, 3.63) is 5.56 Å². The van der Waals surface area contributed by atoms with Gasteiger partial charge in [0.05, 0.1) is 12.7 Å². The Hall–Kier alpha value is -1.34. The molecule has 0 unspecified atom stereocenters. The molecule has 1 aliphatic rings. The fourth-order valence-electron chi connectivity index (χ4n) is 2.21. The minimum absolute atomic E-state index is 0.217. The van der Waals surface area contributed by atoms with Crippen molar-refractivity contribution >= 4 is 28.3 Å². The number of ether oxygens (including phenoxy) is 1. The van der Waals surface area contributed by atoms with Crippen LogP contribution in [0.15, 0.2) is 0 Å². The molecule has 0 bridgehead atoms. The highest BCUT2D eigenvalue weighted by atomic mass is 32.1. The number of hydrogen-bond donors (Lipinski definition) is 3. The van der Waals surface area contributed by atoms with Crippen LogP contribution in [0.1, 0.15) is 36.0 Å². The van der Waals surface area contributed by atoms with Crippen molar-refractivity contribution in [2.24, 2.45) is 0 Å². The van der Waals surface area contributed by atoms with E-state index in [1.165, 1.54) is 24.4 Å². The van der Waals surface area contributed by atoms with Crippen LogP contribution in [-0.4, -0.2) is 36.6 Å². The van der Waals surface area contributed by atoms with Crippen LogP contribution in [0.3, 0.4) is 0 Å². The number of nitrogens with zero attached hydrogens (tertiary/aromatic N) is 1. The van der Waals surface area contributed by atoms with E-state index in [0.29, 0.717) is 29.8 Å². The van der Waals surface area contributed by atoms with Gasteiger partial charge in [0.1, 0.15) is 10.6 Å². The van der Waals surface area contributed by atoms with Crippen LogP contribution in [-0.2, 0) is 4.74 Å². The maximum absolute atomic E-state index is 11.7. The largest absolute Gasteiger partial charge is 0.382 e. The van der Waals surface area contributed by atoms with Gasteiger partial charge in [0.2, 0.25) is 0 Å². The van der Waals surface area contributed by atoms with E-state index in [1.54, 1.807) is 7.05 Å². The van der Waals surface area contributed by atoms with Gasteiger partial charge in [0, 0.05) is 13.6 Å². The molecule has 1 aromatic heterocycles. The highest BCUT2D eigenvalue weighted by Gasteiger charge is 2.18. The molecule has 7 heteroatoms. The average Bonchev–Trinajstić information content (AvgIpc) is 3.04. The lowest BCUT2D eigenvalue weighted by Gasteiger charge is -2.11. The van der Waals surface area contributed by atoms with Crippen LogP contribution >= 0.6 is 11.5 Å². The smallest absolute Gasteiger partial charge is 0.257 e. The summed E-state index contributed by atoms with van der Waals surface area (Å²) in [5.74, 6) is 0.0500. The van der Waals surface area contributed by atoms with Crippen LogP contribution in [0.2, 0.25) is 0 Å². The summed E-state index contributed by atoms with van der Waals surface area (Å²) in [6.45, 7) is 1.29. The minimum atomic E-state index is -0.217. The standard InChI is InChI=1S/C12H20N4O2S/c1-14-11(17)9-10(13)16-19-12(9)15-6-7-18-8-4-2-3-5-8/h8,15H,2-7H2,1H3,(H2,13,16)(H,14,17). The lowest BCUT2D eigenvalue weighted by molar-refractivity contribution is 0.0659. The van der Waals surface area contributed by atoms with Crippen molar-refractivity contribution < 1.29 is 9.53 Å². The molecule has 2 rings (SSSR count). The molecule has 19 heavy (non-hydrogen) atoms. The molecule has 0 radical (unpaired) electrons. The summed E-state index contributed by atoms with van der Waals surface area (Å²) in [6, 6.07) is 0. The number of nitrogens with two attached hydrogens (primary N) is 1. The molecule has 1 aliphatic carbocycles. The lowest BCUT2D eigenvalue weighted by Crippen LogP contribution is -2.21.